The van der Waals surface area contributed by atoms with Gasteiger partial charge in [0.25, 0.3) is 0 Å². The number of ketones is 1. The van der Waals surface area contributed by atoms with Crippen LogP contribution >= 0.6 is 11.8 Å². The van der Waals surface area contributed by atoms with E-state index in [4.69, 9.17) is 4.74 Å². The monoisotopic (exact) mass is 447 g/mol. The summed E-state index contributed by atoms with van der Waals surface area (Å²) < 4.78 is 5.03. The van der Waals surface area contributed by atoms with E-state index in [-0.39, 0.29) is 49.1 Å². The van der Waals surface area contributed by atoms with Crippen LogP contribution in [0.5, 0.6) is 11.5 Å². The maximum absolute atomic E-state index is 13.3. The molecule has 0 atom stereocenters. The zero-order chi connectivity index (χ0) is 23.0. The minimum Gasteiger partial charge on any atom is -0.508 e. The summed E-state index contributed by atoms with van der Waals surface area (Å²) in [6.45, 7) is 2.29. The Labute approximate surface area is 186 Å². The Hall–Kier alpha value is -2.55. The number of hydrogen-bond acceptors (Lipinski definition) is 7. The Morgan fingerprint density at radius 2 is 1.74 bits per heavy atom. The fourth-order valence-corrected chi connectivity index (χ4v) is 3.83. The first-order valence-electron chi connectivity index (χ1n) is 10.0. The van der Waals surface area contributed by atoms with Crippen molar-refractivity contribution in [1.82, 2.24) is 4.90 Å². The molecule has 7 nitrogen and oxygen atoms in total. The smallest absolute Gasteiger partial charge is 0.227 e. The minimum absolute atomic E-state index is 0.00981. The van der Waals surface area contributed by atoms with Gasteiger partial charge in [-0.1, -0.05) is 6.92 Å². The summed E-state index contributed by atoms with van der Waals surface area (Å²) in [5, 5.41) is 30.2. The number of phenolic OH excluding ortho intramolecular Hbond substituents is 2. The summed E-state index contributed by atoms with van der Waals surface area (Å²) in [4.78, 5) is 28.7. The summed E-state index contributed by atoms with van der Waals surface area (Å²) in [6, 6.07) is 8.12. The lowest BCUT2D eigenvalue weighted by Gasteiger charge is -2.23. The predicted octanol–water partition coefficient (Wildman–Crippen LogP) is 2.62. The summed E-state index contributed by atoms with van der Waals surface area (Å²) in [5.41, 5.74) is 1.12. The average Bonchev–Trinajstić information content (AvgIpc) is 2.76. The molecule has 0 aromatic heterocycles. The van der Waals surface area contributed by atoms with E-state index in [0.717, 1.165) is 11.0 Å². The summed E-state index contributed by atoms with van der Waals surface area (Å²) in [5.74, 6) is -1.30. The molecule has 0 aliphatic rings. The molecule has 0 unspecified atom stereocenters. The van der Waals surface area contributed by atoms with E-state index in [2.05, 4.69) is 0 Å². The molecule has 0 saturated carbocycles. The fourth-order valence-electron chi connectivity index (χ4n) is 3.42. The molecular formula is C23H29NO6S. The Morgan fingerprint density at radius 3 is 2.29 bits per heavy atom. The lowest BCUT2D eigenvalue weighted by atomic mass is 9.89. The van der Waals surface area contributed by atoms with Crippen LogP contribution in [0.25, 0.3) is 0 Å². The molecule has 0 fully saturated rings. The zero-order valence-electron chi connectivity index (χ0n) is 18.1. The van der Waals surface area contributed by atoms with Crippen LogP contribution in [0.3, 0.4) is 0 Å². The molecule has 0 aliphatic carbocycles. The van der Waals surface area contributed by atoms with Crippen molar-refractivity contribution in [2.75, 3.05) is 39.7 Å². The van der Waals surface area contributed by atoms with Crippen molar-refractivity contribution in [1.29, 1.82) is 0 Å². The molecule has 3 N–H and O–H groups in total. The number of phenols is 2. The van der Waals surface area contributed by atoms with Crippen molar-refractivity contribution in [2.24, 2.45) is 0 Å². The van der Waals surface area contributed by atoms with Crippen LogP contribution in [0.15, 0.2) is 35.2 Å². The lowest BCUT2D eigenvalue weighted by Crippen LogP contribution is -2.37. The Balaban J connectivity index is 2.51. The highest BCUT2D eigenvalue weighted by Gasteiger charge is 2.26. The van der Waals surface area contributed by atoms with Gasteiger partial charge in [0.05, 0.1) is 25.2 Å². The number of hydrogen-bond donors (Lipinski definition) is 3. The number of aromatic hydroxyl groups is 2. The molecule has 0 saturated heterocycles. The minimum atomic E-state index is -0.423. The fraction of sp³-hybridized carbons (Fsp3) is 0.391. The second kappa shape index (κ2) is 11.7. The van der Waals surface area contributed by atoms with Crippen LogP contribution < -0.4 is 0 Å². The Bertz CT molecular complexity index is 913. The molecule has 2 rings (SSSR count). The molecule has 0 aliphatic heterocycles. The van der Waals surface area contributed by atoms with Crippen LogP contribution in [0.1, 0.15) is 34.0 Å². The predicted molar refractivity (Wildman–Crippen MR) is 120 cm³/mol. The van der Waals surface area contributed by atoms with Gasteiger partial charge in [-0.2, -0.15) is 0 Å². The molecule has 0 radical (unpaired) electrons. The number of carbonyl (C=O) groups excluding carboxylic acids is 2. The molecule has 0 bridgehead atoms. The summed E-state index contributed by atoms with van der Waals surface area (Å²) in [7, 11) is 1.52. The van der Waals surface area contributed by atoms with Gasteiger partial charge in [-0.3, -0.25) is 9.59 Å². The highest BCUT2D eigenvalue weighted by Crippen LogP contribution is 2.35. The third kappa shape index (κ3) is 6.00. The normalized spacial score (nSPS) is 10.8. The number of aliphatic hydroxyl groups excluding tert-OH is 1. The van der Waals surface area contributed by atoms with Gasteiger partial charge in [-0.05, 0) is 48.1 Å². The van der Waals surface area contributed by atoms with Gasteiger partial charge in [-0.25, -0.2) is 0 Å². The number of amides is 1. The van der Waals surface area contributed by atoms with E-state index in [1.807, 2.05) is 18.4 Å². The summed E-state index contributed by atoms with van der Waals surface area (Å²) >= 11 is 1.55. The van der Waals surface area contributed by atoms with Crippen LogP contribution in [-0.4, -0.2) is 71.6 Å². The summed E-state index contributed by atoms with van der Waals surface area (Å²) in [6.07, 6.45) is 2.11. The number of methoxy groups -OCH3 is 1. The van der Waals surface area contributed by atoms with Gasteiger partial charge in [0.15, 0.2) is 5.78 Å². The average molecular weight is 448 g/mol. The van der Waals surface area contributed by atoms with Gasteiger partial charge in [0.1, 0.15) is 11.5 Å². The second-order valence-corrected chi connectivity index (χ2v) is 7.81. The van der Waals surface area contributed by atoms with Crippen LogP contribution in [0.2, 0.25) is 0 Å². The number of carbonyl (C=O) groups is 2. The number of nitrogens with zero attached hydrogens (tertiary/aromatic N) is 1. The van der Waals surface area contributed by atoms with Gasteiger partial charge in [0.2, 0.25) is 5.91 Å². The first kappa shape index (κ1) is 24.7. The molecule has 2 aromatic rings. The largest absolute Gasteiger partial charge is 0.508 e. The quantitative estimate of drug-likeness (QED) is 0.359. The van der Waals surface area contributed by atoms with E-state index in [9.17, 15) is 24.9 Å². The number of aliphatic hydroxyl groups is 1. The Kier molecular flexibility index (Phi) is 9.36. The van der Waals surface area contributed by atoms with Crippen molar-refractivity contribution in [2.45, 2.75) is 24.7 Å². The van der Waals surface area contributed by atoms with Crippen LogP contribution in [0.4, 0.5) is 0 Å². The van der Waals surface area contributed by atoms with Gasteiger partial charge < -0.3 is 25.0 Å². The van der Waals surface area contributed by atoms with Gasteiger partial charge in [0, 0.05) is 36.7 Å². The SMILES string of the molecule is CCc1c(O)cc(O)c(C(=O)c2ccc(SC)cc2)c1CC(=O)N(CCO)CCOC. The number of ether oxygens (including phenoxy) is 1. The van der Waals surface area contributed by atoms with Crippen molar-refractivity contribution >= 4 is 23.5 Å². The topological polar surface area (TPSA) is 107 Å². The molecular weight excluding hydrogens is 418 g/mol. The molecule has 2 aromatic carbocycles. The van der Waals surface area contributed by atoms with Crippen molar-refractivity contribution in [3.63, 3.8) is 0 Å². The first-order valence-corrected chi connectivity index (χ1v) is 11.2. The Morgan fingerprint density at radius 1 is 1.06 bits per heavy atom. The molecule has 0 spiro atoms. The van der Waals surface area contributed by atoms with E-state index >= 15 is 0 Å². The number of thioether (sulfide) groups is 1. The highest BCUT2D eigenvalue weighted by atomic mass is 32.2. The third-order valence-corrected chi connectivity index (χ3v) is 5.80. The first-order chi connectivity index (χ1) is 14.9. The van der Waals surface area contributed by atoms with Crippen molar-refractivity contribution in [3.05, 3.63) is 52.6 Å². The van der Waals surface area contributed by atoms with Gasteiger partial charge in [-0.15, -0.1) is 11.8 Å². The molecule has 0 heterocycles. The van der Waals surface area contributed by atoms with Crippen LogP contribution in [0, 0.1) is 0 Å². The van der Waals surface area contributed by atoms with E-state index in [1.54, 1.807) is 30.8 Å². The standard InChI is InChI=1S/C23H29NO6S/c1-4-17-18(13-21(28)24(9-11-25)10-12-30-2)22(20(27)14-19(17)26)23(29)15-5-7-16(31-3)8-6-15/h5-8,14,25-27H,4,9-13H2,1-3H3. The van der Waals surface area contributed by atoms with E-state index in [1.165, 1.54) is 12.0 Å². The van der Waals surface area contributed by atoms with E-state index in [0.29, 0.717) is 29.7 Å². The maximum atomic E-state index is 13.3. The molecule has 8 heteroatoms. The van der Waals surface area contributed by atoms with Crippen LogP contribution in [-0.2, 0) is 22.4 Å². The molecule has 31 heavy (non-hydrogen) atoms. The third-order valence-electron chi connectivity index (χ3n) is 5.05. The molecule has 168 valence electrons. The van der Waals surface area contributed by atoms with Gasteiger partial charge >= 0.3 is 0 Å². The molecule has 1 amide bonds. The lowest BCUT2D eigenvalue weighted by molar-refractivity contribution is -0.131. The maximum Gasteiger partial charge on any atom is 0.227 e. The zero-order valence-corrected chi connectivity index (χ0v) is 18.9. The van der Waals surface area contributed by atoms with Crippen molar-refractivity contribution < 1.29 is 29.6 Å². The highest BCUT2D eigenvalue weighted by molar-refractivity contribution is 7.98. The number of benzene rings is 2. The number of rotatable bonds is 11. The second-order valence-electron chi connectivity index (χ2n) is 6.93. The van der Waals surface area contributed by atoms with E-state index < -0.39 is 5.78 Å². The van der Waals surface area contributed by atoms with Crippen molar-refractivity contribution in [3.8, 4) is 11.5 Å².